The topological polar surface area (TPSA) is 85.5 Å². The van der Waals surface area contributed by atoms with Gasteiger partial charge in [0.2, 0.25) is 11.8 Å². The Morgan fingerprint density at radius 3 is 2.61 bits per heavy atom. The first-order valence-electron chi connectivity index (χ1n) is 9.85. The lowest BCUT2D eigenvalue weighted by Gasteiger charge is -2.34. The summed E-state index contributed by atoms with van der Waals surface area (Å²) in [7, 11) is 0. The Morgan fingerprint density at radius 1 is 1.14 bits per heavy atom. The van der Waals surface area contributed by atoms with Crippen LogP contribution in [0.4, 0.5) is 0 Å². The van der Waals surface area contributed by atoms with Crippen molar-refractivity contribution in [3.05, 3.63) is 45.7 Å². The van der Waals surface area contributed by atoms with E-state index in [9.17, 15) is 14.4 Å². The molecule has 0 spiro atoms. The van der Waals surface area contributed by atoms with E-state index in [2.05, 4.69) is 22.1 Å². The van der Waals surface area contributed by atoms with Gasteiger partial charge in [-0.15, -0.1) is 0 Å². The molecule has 7 heteroatoms. The fourth-order valence-corrected chi connectivity index (χ4v) is 3.50. The molecule has 0 aliphatic carbocycles. The van der Waals surface area contributed by atoms with Crippen molar-refractivity contribution in [3.8, 4) is 0 Å². The van der Waals surface area contributed by atoms with E-state index in [0.717, 1.165) is 49.2 Å². The molecule has 1 aliphatic heterocycles. The van der Waals surface area contributed by atoms with Crippen LogP contribution in [-0.2, 0) is 16.0 Å². The number of hydrogen-bond donors (Lipinski definition) is 2. The molecule has 1 fully saturated rings. The summed E-state index contributed by atoms with van der Waals surface area (Å²) < 4.78 is 0. The molecule has 0 bridgehead atoms. The highest BCUT2D eigenvalue weighted by atomic mass is 16.2. The normalized spacial score (nSPS) is 15.0. The quantitative estimate of drug-likeness (QED) is 0.780. The van der Waals surface area contributed by atoms with Gasteiger partial charge < -0.3 is 20.1 Å². The monoisotopic (exact) mass is 384 g/mol. The van der Waals surface area contributed by atoms with Crippen LogP contribution in [0.3, 0.4) is 0 Å². The molecule has 2 heterocycles. The largest absolute Gasteiger partial charge is 0.355 e. The third-order valence-electron chi connectivity index (χ3n) is 5.29. The lowest BCUT2D eigenvalue weighted by molar-refractivity contribution is -0.132. The second kappa shape index (κ2) is 9.01. The van der Waals surface area contributed by atoms with Gasteiger partial charge in [-0.2, -0.15) is 0 Å². The first-order valence-corrected chi connectivity index (χ1v) is 9.85. The molecule has 0 unspecified atom stereocenters. The van der Waals surface area contributed by atoms with Gasteiger partial charge >= 0.3 is 0 Å². The number of fused-ring (bicyclic) bond motifs is 1. The zero-order chi connectivity index (χ0) is 20.1. The van der Waals surface area contributed by atoms with Crippen molar-refractivity contribution in [1.29, 1.82) is 0 Å². The van der Waals surface area contributed by atoms with Gasteiger partial charge in [-0.05, 0) is 42.6 Å². The molecule has 150 valence electrons. The third-order valence-corrected chi connectivity index (χ3v) is 5.29. The van der Waals surface area contributed by atoms with Crippen molar-refractivity contribution in [1.82, 2.24) is 20.1 Å². The molecular formula is C21H28N4O3. The molecule has 28 heavy (non-hydrogen) atoms. The minimum atomic E-state index is -0.107. The second-order valence-electron chi connectivity index (χ2n) is 7.29. The van der Waals surface area contributed by atoms with Gasteiger partial charge in [0.25, 0.3) is 5.56 Å². The Bertz CT molecular complexity index is 913. The Kier molecular flexibility index (Phi) is 6.46. The van der Waals surface area contributed by atoms with Gasteiger partial charge in [0.15, 0.2) is 0 Å². The zero-order valence-electron chi connectivity index (χ0n) is 16.6. The number of piperazine rings is 1. The van der Waals surface area contributed by atoms with Crippen LogP contribution in [0.5, 0.6) is 0 Å². The Labute approximate surface area is 164 Å². The van der Waals surface area contributed by atoms with Crippen LogP contribution < -0.4 is 10.9 Å². The molecule has 0 radical (unpaired) electrons. The molecule has 7 nitrogen and oxygen atoms in total. The highest BCUT2D eigenvalue weighted by molar-refractivity contribution is 5.84. The summed E-state index contributed by atoms with van der Waals surface area (Å²) in [5, 5.41) is 3.74. The van der Waals surface area contributed by atoms with Crippen LogP contribution in [0.15, 0.2) is 29.1 Å². The number of nitrogens with zero attached hydrogens (tertiary/aromatic N) is 2. The number of likely N-dealkylation sites (N-methyl/N-ethyl adjacent to an activating group) is 1. The van der Waals surface area contributed by atoms with E-state index in [1.165, 1.54) is 0 Å². The van der Waals surface area contributed by atoms with Crippen molar-refractivity contribution in [3.63, 3.8) is 0 Å². The fourth-order valence-electron chi connectivity index (χ4n) is 3.50. The van der Waals surface area contributed by atoms with Crippen LogP contribution in [-0.4, -0.2) is 65.9 Å². The minimum Gasteiger partial charge on any atom is -0.355 e. The van der Waals surface area contributed by atoms with Crippen LogP contribution in [0.1, 0.15) is 24.5 Å². The van der Waals surface area contributed by atoms with Crippen molar-refractivity contribution in [2.45, 2.75) is 26.7 Å². The highest BCUT2D eigenvalue weighted by Crippen LogP contribution is 2.14. The van der Waals surface area contributed by atoms with Gasteiger partial charge in [-0.3, -0.25) is 14.4 Å². The van der Waals surface area contributed by atoms with E-state index in [0.29, 0.717) is 18.5 Å². The number of aromatic nitrogens is 1. The number of benzene rings is 1. The molecule has 2 amide bonds. The lowest BCUT2D eigenvalue weighted by Crippen LogP contribution is -2.49. The molecule has 0 atom stereocenters. The van der Waals surface area contributed by atoms with E-state index in [4.69, 9.17) is 0 Å². The van der Waals surface area contributed by atoms with Gasteiger partial charge in [0.05, 0.1) is 6.42 Å². The lowest BCUT2D eigenvalue weighted by atomic mass is 10.1. The summed E-state index contributed by atoms with van der Waals surface area (Å²) in [6.07, 6.45) is 0.577. The van der Waals surface area contributed by atoms with E-state index < -0.39 is 0 Å². The maximum Gasteiger partial charge on any atom is 0.251 e. The van der Waals surface area contributed by atoms with Gasteiger partial charge in [-0.1, -0.05) is 13.0 Å². The van der Waals surface area contributed by atoms with Crippen molar-refractivity contribution in [2.75, 3.05) is 39.3 Å². The van der Waals surface area contributed by atoms with Gasteiger partial charge in [0.1, 0.15) is 0 Å². The summed E-state index contributed by atoms with van der Waals surface area (Å²) >= 11 is 0. The van der Waals surface area contributed by atoms with Crippen LogP contribution in [0.2, 0.25) is 0 Å². The predicted octanol–water partition coefficient (Wildman–Crippen LogP) is 1.05. The molecule has 2 aromatic rings. The van der Waals surface area contributed by atoms with E-state index in [1.54, 1.807) is 6.92 Å². The number of pyridine rings is 1. The minimum absolute atomic E-state index is 0.0983. The van der Waals surface area contributed by atoms with Gasteiger partial charge in [-0.25, -0.2) is 0 Å². The molecule has 1 aromatic heterocycles. The summed E-state index contributed by atoms with van der Waals surface area (Å²) in [6.45, 7) is 8.62. The number of nitrogens with one attached hydrogen (secondary N) is 2. The number of rotatable bonds is 6. The molecule has 1 saturated heterocycles. The predicted molar refractivity (Wildman–Crippen MR) is 109 cm³/mol. The summed E-state index contributed by atoms with van der Waals surface area (Å²) in [5.41, 5.74) is 2.18. The zero-order valence-corrected chi connectivity index (χ0v) is 16.6. The Morgan fingerprint density at radius 2 is 1.89 bits per heavy atom. The second-order valence-corrected chi connectivity index (χ2v) is 7.29. The van der Waals surface area contributed by atoms with Crippen LogP contribution >= 0.6 is 0 Å². The maximum atomic E-state index is 12.3. The van der Waals surface area contributed by atoms with E-state index in [-0.39, 0.29) is 23.8 Å². The third kappa shape index (κ3) is 4.98. The maximum absolute atomic E-state index is 12.3. The SMILES string of the molecule is CCN1CCN(C(=O)CCNC(=O)Cc2ccc3[nH]c(=O)c(C)cc3c2)CC1. The smallest absolute Gasteiger partial charge is 0.251 e. The van der Waals surface area contributed by atoms with E-state index >= 15 is 0 Å². The molecule has 0 saturated carbocycles. The van der Waals surface area contributed by atoms with Crippen LogP contribution in [0, 0.1) is 6.92 Å². The van der Waals surface area contributed by atoms with Crippen molar-refractivity contribution >= 4 is 22.7 Å². The number of hydrogen-bond acceptors (Lipinski definition) is 4. The molecular weight excluding hydrogens is 356 g/mol. The average molecular weight is 384 g/mol. The summed E-state index contributed by atoms with van der Waals surface area (Å²) in [6, 6.07) is 7.40. The molecule has 3 rings (SSSR count). The first-order chi connectivity index (χ1) is 13.5. The molecule has 1 aromatic carbocycles. The molecule has 2 N–H and O–H groups in total. The number of aryl methyl sites for hydroxylation is 1. The number of amides is 2. The summed E-state index contributed by atoms with van der Waals surface area (Å²) in [4.78, 5) is 43.2. The standard InChI is InChI=1S/C21H28N4O3/c1-3-24-8-10-25(11-9-24)20(27)6-7-22-19(26)14-16-4-5-18-17(13-16)12-15(2)21(28)23-18/h4-5,12-13H,3,6-11,14H2,1-2H3,(H,22,26)(H,23,28). The molecule has 1 aliphatic rings. The van der Waals surface area contributed by atoms with E-state index in [1.807, 2.05) is 29.2 Å². The fraction of sp³-hybridized carbons (Fsp3) is 0.476. The first kappa shape index (κ1) is 20.1. The van der Waals surface area contributed by atoms with Crippen molar-refractivity contribution < 1.29 is 9.59 Å². The number of carbonyl (C=O) groups excluding carboxylic acids is 2. The average Bonchev–Trinajstić information content (AvgIpc) is 2.69. The van der Waals surface area contributed by atoms with Crippen LogP contribution in [0.25, 0.3) is 10.9 Å². The van der Waals surface area contributed by atoms with Gasteiger partial charge in [0, 0.05) is 50.2 Å². The Balaban J connectivity index is 1.47. The number of H-pyrrole nitrogens is 1. The number of carbonyl (C=O) groups is 2. The highest BCUT2D eigenvalue weighted by Gasteiger charge is 2.19. The Hall–Kier alpha value is -2.67. The number of aromatic amines is 1. The van der Waals surface area contributed by atoms with Crippen molar-refractivity contribution in [2.24, 2.45) is 0 Å². The summed E-state index contributed by atoms with van der Waals surface area (Å²) in [5.74, 6) is -0.00899.